The standard InChI is InChI=1S/C29H27N3O3/c33-28(31-20-22-13-15-26(16-14-22)35-21-23-8-7-17-30-19-23)18-27(24-9-3-1-4-10-24)32-29(34)25-11-5-2-6-12-25/h1-17,19,27H,18,20-21H2,(H,31,33)(H,32,34). The average molecular weight is 466 g/mol. The van der Waals surface area contributed by atoms with Gasteiger partial charge in [-0.2, -0.15) is 0 Å². The van der Waals surface area contributed by atoms with Crippen LogP contribution in [0, 0.1) is 0 Å². The van der Waals surface area contributed by atoms with Crippen molar-refractivity contribution in [3.63, 3.8) is 0 Å². The van der Waals surface area contributed by atoms with Gasteiger partial charge in [0, 0.05) is 30.1 Å². The minimum atomic E-state index is -0.438. The van der Waals surface area contributed by atoms with Gasteiger partial charge in [0.05, 0.1) is 12.5 Å². The summed E-state index contributed by atoms with van der Waals surface area (Å²) in [4.78, 5) is 29.5. The molecule has 2 amide bonds. The highest BCUT2D eigenvalue weighted by Gasteiger charge is 2.19. The first-order valence-electron chi connectivity index (χ1n) is 11.5. The normalized spacial score (nSPS) is 11.3. The van der Waals surface area contributed by atoms with Crippen LogP contribution in [0.3, 0.4) is 0 Å². The van der Waals surface area contributed by atoms with Gasteiger partial charge in [-0.3, -0.25) is 14.6 Å². The molecular formula is C29H27N3O3. The van der Waals surface area contributed by atoms with E-state index in [1.807, 2.05) is 84.9 Å². The monoisotopic (exact) mass is 465 g/mol. The number of nitrogens with one attached hydrogen (secondary N) is 2. The van der Waals surface area contributed by atoms with Crippen LogP contribution in [0.15, 0.2) is 109 Å². The second-order valence-corrected chi connectivity index (χ2v) is 8.08. The molecule has 0 aliphatic rings. The van der Waals surface area contributed by atoms with Crippen molar-refractivity contribution in [3.8, 4) is 5.75 Å². The number of carbonyl (C=O) groups excluding carboxylic acids is 2. The molecule has 6 nitrogen and oxygen atoms in total. The fraction of sp³-hybridized carbons (Fsp3) is 0.138. The number of hydrogen-bond donors (Lipinski definition) is 2. The molecule has 1 heterocycles. The maximum atomic E-state index is 12.8. The Hall–Kier alpha value is -4.45. The van der Waals surface area contributed by atoms with Gasteiger partial charge in [-0.1, -0.05) is 66.7 Å². The molecule has 1 atom stereocenters. The molecule has 0 aliphatic heterocycles. The smallest absolute Gasteiger partial charge is 0.251 e. The predicted molar refractivity (Wildman–Crippen MR) is 135 cm³/mol. The van der Waals surface area contributed by atoms with E-state index in [0.717, 1.165) is 22.4 Å². The first kappa shape index (κ1) is 23.7. The largest absolute Gasteiger partial charge is 0.489 e. The minimum Gasteiger partial charge on any atom is -0.489 e. The highest BCUT2D eigenvalue weighted by Crippen LogP contribution is 2.18. The molecule has 3 aromatic carbocycles. The summed E-state index contributed by atoms with van der Waals surface area (Å²) in [5.74, 6) is 0.384. The fourth-order valence-corrected chi connectivity index (χ4v) is 3.58. The Labute approximate surface area is 205 Å². The molecule has 0 saturated carbocycles. The molecule has 0 saturated heterocycles. The molecule has 0 radical (unpaired) electrons. The number of amides is 2. The summed E-state index contributed by atoms with van der Waals surface area (Å²) in [6.45, 7) is 0.829. The van der Waals surface area contributed by atoms with Crippen molar-refractivity contribution < 1.29 is 14.3 Å². The SMILES string of the molecule is O=C(CC(NC(=O)c1ccccc1)c1ccccc1)NCc1ccc(OCc2cccnc2)cc1. The molecule has 4 aromatic rings. The van der Waals surface area contributed by atoms with Crippen molar-refractivity contribution in [3.05, 3.63) is 132 Å². The van der Waals surface area contributed by atoms with E-state index in [1.54, 1.807) is 24.5 Å². The summed E-state index contributed by atoms with van der Waals surface area (Å²) in [6, 6.07) is 29.5. The van der Waals surface area contributed by atoms with Crippen LogP contribution < -0.4 is 15.4 Å². The highest BCUT2D eigenvalue weighted by atomic mass is 16.5. The number of aromatic nitrogens is 1. The van der Waals surface area contributed by atoms with E-state index in [0.29, 0.717) is 18.7 Å². The van der Waals surface area contributed by atoms with Gasteiger partial charge in [-0.15, -0.1) is 0 Å². The van der Waals surface area contributed by atoms with E-state index >= 15 is 0 Å². The molecule has 0 fully saturated rings. The average Bonchev–Trinajstić information content (AvgIpc) is 2.92. The summed E-state index contributed by atoms with van der Waals surface area (Å²) >= 11 is 0. The summed E-state index contributed by atoms with van der Waals surface area (Å²) in [5, 5.41) is 5.94. The van der Waals surface area contributed by atoms with Crippen LogP contribution in [0.5, 0.6) is 5.75 Å². The molecule has 1 aromatic heterocycles. The number of pyridine rings is 1. The topological polar surface area (TPSA) is 80.3 Å². The molecule has 6 heteroatoms. The zero-order chi connectivity index (χ0) is 24.3. The summed E-state index contributed by atoms with van der Waals surface area (Å²) < 4.78 is 5.78. The molecule has 4 rings (SSSR count). The molecular weight excluding hydrogens is 438 g/mol. The number of nitrogens with zero attached hydrogens (tertiary/aromatic N) is 1. The molecule has 0 bridgehead atoms. The Morgan fingerprint density at radius 2 is 1.51 bits per heavy atom. The van der Waals surface area contributed by atoms with E-state index in [1.165, 1.54) is 0 Å². The number of ether oxygens (including phenoxy) is 1. The van der Waals surface area contributed by atoms with Gasteiger partial charge in [-0.05, 0) is 41.5 Å². The van der Waals surface area contributed by atoms with Crippen LogP contribution in [0.2, 0.25) is 0 Å². The van der Waals surface area contributed by atoms with Crippen LogP contribution in [-0.2, 0) is 17.9 Å². The first-order valence-corrected chi connectivity index (χ1v) is 11.5. The second-order valence-electron chi connectivity index (χ2n) is 8.08. The van der Waals surface area contributed by atoms with E-state index in [4.69, 9.17) is 4.74 Å². The number of benzene rings is 3. The van der Waals surface area contributed by atoms with Crippen molar-refractivity contribution in [2.45, 2.75) is 25.6 Å². The molecule has 1 unspecified atom stereocenters. The Balaban J connectivity index is 1.31. The molecule has 0 aliphatic carbocycles. The summed E-state index contributed by atoms with van der Waals surface area (Å²) in [5.41, 5.74) is 3.38. The maximum Gasteiger partial charge on any atom is 0.251 e. The lowest BCUT2D eigenvalue weighted by Gasteiger charge is -2.19. The molecule has 35 heavy (non-hydrogen) atoms. The first-order chi connectivity index (χ1) is 17.2. The summed E-state index contributed by atoms with van der Waals surface area (Å²) in [7, 11) is 0. The van der Waals surface area contributed by atoms with Crippen molar-refractivity contribution in [2.75, 3.05) is 0 Å². The molecule has 176 valence electrons. The van der Waals surface area contributed by atoms with Gasteiger partial charge >= 0.3 is 0 Å². The van der Waals surface area contributed by atoms with Crippen molar-refractivity contribution >= 4 is 11.8 Å². The highest BCUT2D eigenvalue weighted by molar-refractivity contribution is 5.94. The van der Waals surface area contributed by atoms with E-state index in [9.17, 15) is 9.59 Å². The van der Waals surface area contributed by atoms with Gasteiger partial charge in [0.1, 0.15) is 12.4 Å². The minimum absolute atomic E-state index is 0.134. The number of carbonyl (C=O) groups is 2. The lowest BCUT2D eigenvalue weighted by atomic mass is 10.0. The Kier molecular flexibility index (Phi) is 8.22. The van der Waals surface area contributed by atoms with Gasteiger partial charge in [-0.25, -0.2) is 0 Å². The van der Waals surface area contributed by atoms with E-state index in [-0.39, 0.29) is 18.2 Å². The zero-order valence-corrected chi connectivity index (χ0v) is 19.3. The molecule has 0 spiro atoms. The quantitative estimate of drug-likeness (QED) is 0.351. The van der Waals surface area contributed by atoms with Crippen molar-refractivity contribution in [1.82, 2.24) is 15.6 Å². The third-order valence-corrected chi connectivity index (χ3v) is 5.47. The number of rotatable bonds is 10. The Bertz CT molecular complexity index is 1210. The lowest BCUT2D eigenvalue weighted by Crippen LogP contribution is -2.33. The Morgan fingerprint density at radius 1 is 0.800 bits per heavy atom. The van der Waals surface area contributed by atoms with Crippen LogP contribution in [0.4, 0.5) is 0 Å². The lowest BCUT2D eigenvalue weighted by molar-refractivity contribution is -0.121. The fourth-order valence-electron chi connectivity index (χ4n) is 3.58. The zero-order valence-electron chi connectivity index (χ0n) is 19.3. The van der Waals surface area contributed by atoms with E-state index in [2.05, 4.69) is 15.6 Å². The predicted octanol–water partition coefficient (Wildman–Crippen LogP) is 4.84. The molecule has 2 N–H and O–H groups in total. The van der Waals surface area contributed by atoms with Gasteiger partial charge in [0.15, 0.2) is 0 Å². The van der Waals surface area contributed by atoms with Gasteiger partial charge in [0.25, 0.3) is 5.91 Å². The van der Waals surface area contributed by atoms with Crippen LogP contribution >= 0.6 is 0 Å². The van der Waals surface area contributed by atoms with Gasteiger partial charge < -0.3 is 15.4 Å². The second kappa shape index (κ2) is 12.1. The third kappa shape index (κ3) is 7.27. The maximum absolute atomic E-state index is 12.8. The van der Waals surface area contributed by atoms with E-state index < -0.39 is 6.04 Å². The van der Waals surface area contributed by atoms with Gasteiger partial charge in [0.2, 0.25) is 5.91 Å². The van der Waals surface area contributed by atoms with Crippen LogP contribution in [-0.4, -0.2) is 16.8 Å². The summed E-state index contributed by atoms with van der Waals surface area (Å²) in [6.07, 6.45) is 3.63. The number of hydrogen-bond acceptors (Lipinski definition) is 4. The third-order valence-electron chi connectivity index (χ3n) is 5.47. The van der Waals surface area contributed by atoms with Crippen molar-refractivity contribution in [2.24, 2.45) is 0 Å². The van der Waals surface area contributed by atoms with Crippen LogP contribution in [0.25, 0.3) is 0 Å². The van der Waals surface area contributed by atoms with Crippen molar-refractivity contribution in [1.29, 1.82) is 0 Å². The van der Waals surface area contributed by atoms with Crippen LogP contribution in [0.1, 0.15) is 39.5 Å². The Morgan fingerprint density at radius 3 is 2.20 bits per heavy atom.